The molecule has 0 bridgehead atoms. The molecule has 6 nitrogen and oxygen atoms in total. The van der Waals surface area contributed by atoms with Crippen LogP contribution in [0.2, 0.25) is 0 Å². The van der Waals surface area contributed by atoms with Gasteiger partial charge in [0.15, 0.2) is 0 Å². The lowest BCUT2D eigenvalue weighted by Crippen LogP contribution is -2.55. The zero-order valence-electron chi connectivity index (χ0n) is 14.5. The van der Waals surface area contributed by atoms with Gasteiger partial charge >= 0.3 is 0 Å². The van der Waals surface area contributed by atoms with Crippen molar-refractivity contribution in [2.24, 2.45) is 0 Å². The van der Waals surface area contributed by atoms with Gasteiger partial charge in [0.1, 0.15) is 0 Å². The molecule has 0 aromatic carbocycles. The molecule has 0 unspecified atom stereocenters. The third-order valence-corrected chi connectivity index (χ3v) is 4.92. The van der Waals surface area contributed by atoms with Gasteiger partial charge < -0.3 is 15.4 Å². The molecule has 1 aromatic rings. The van der Waals surface area contributed by atoms with Gasteiger partial charge in [-0.3, -0.25) is 14.5 Å². The molecule has 1 saturated heterocycles. The minimum atomic E-state index is -0.0786. The predicted molar refractivity (Wildman–Crippen MR) is 95.4 cm³/mol. The maximum absolute atomic E-state index is 12.0. The average Bonchev–Trinajstić information content (AvgIpc) is 3.12. The molecule has 2 amide bonds. The van der Waals surface area contributed by atoms with Gasteiger partial charge in [0, 0.05) is 49.1 Å². The number of amides is 2. The van der Waals surface area contributed by atoms with E-state index in [1.807, 2.05) is 10.8 Å². The molecule has 1 fully saturated rings. The van der Waals surface area contributed by atoms with Crippen molar-refractivity contribution in [2.75, 3.05) is 39.4 Å². The molecule has 1 aliphatic heterocycles. The number of carbonyl (C=O) groups excluding carboxylic acids is 2. The second-order valence-electron chi connectivity index (χ2n) is 6.56. The second kappa shape index (κ2) is 9.15. The molecule has 0 radical (unpaired) electrons. The summed E-state index contributed by atoms with van der Waals surface area (Å²) >= 11 is 1.50. The summed E-state index contributed by atoms with van der Waals surface area (Å²) in [6, 6.07) is 1.79. The Bertz CT molecular complexity index is 525. The third kappa shape index (κ3) is 5.89. The molecule has 0 atom stereocenters. The zero-order chi connectivity index (χ0) is 17.4. The van der Waals surface area contributed by atoms with Gasteiger partial charge in [-0.15, -0.1) is 0 Å². The summed E-state index contributed by atoms with van der Waals surface area (Å²) < 4.78 is 5.37. The highest BCUT2D eigenvalue weighted by atomic mass is 32.1. The lowest BCUT2D eigenvalue weighted by atomic mass is 10.0. The number of ether oxygens (including phenoxy) is 1. The van der Waals surface area contributed by atoms with Crippen LogP contribution in [-0.4, -0.2) is 61.6 Å². The van der Waals surface area contributed by atoms with Gasteiger partial charge in [0.05, 0.1) is 13.2 Å². The van der Waals surface area contributed by atoms with E-state index in [1.54, 1.807) is 6.07 Å². The summed E-state index contributed by atoms with van der Waals surface area (Å²) in [5.41, 5.74) is 0.601. The van der Waals surface area contributed by atoms with E-state index in [1.165, 1.54) is 11.3 Å². The van der Waals surface area contributed by atoms with Gasteiger partial charge in [-0.05, 0) is 31.7 Å². The maximum Gasteiger partial charge on any atom is 0.252 e. The Morgan fingerprint density at radius 3 is 2.71 bits per heavy atom. The van der Waals surface area contributed by atoms with Gasteiger partial charge in [0.25, 0.3) is 5.91 Å². The number of nitrogens with zero attached hydrogens (tertiary/aromatic N) is 1. The molecular formula is C17H27N3O3S. The molecule has 1 aliphatic rings. The fourth-order valence-corrected chi connectivity index (χ4v) is 3.27. The number of nitrogens with one attached hydrogen (secondary N) is 2. The van der Waals surface area contributed by atoms with Gasteiger partial charge in [0.2, 0.25) is 5.91 Å². The largest absolute Gasteiger partial charge is 0.379 e. The summed E-state index contributed by atoms with van der Waals surface area (Å²) in [5.74, 6) is -0.0498. The second-order valence-corrected chi connectivity index (χ2v) is 7.34. The number of hydrogen-bond acceptors (Lipinski definition) is 5. The van der Waals surface area contributed by atoms with E-state index in [2.05, 4.69) is 29.4 Å². The molecule has 1 aromatic heterocycles. The van der Waals surface area contributed by atoms with Crippen molar-refractivity contribution >= 4 is 23.2 Å². The van der Waals surface area contributed by atoms with Crippen molar-refractivity contribution in [3.05, 3.63) is 22.4 Å². The lowest BCUT2D eigenvalue weighted by Gasteiger charge is -2.40. The molecule has 24 heavy (non-hydrogen) atoms. The quantitative estimate of drug-likeness (QED) is 0.695. The number of carbonyl (C=O) groups is 2. The Hall–Kier alpha value is -1.44. The van der Waals surface area contributed by atoms with Crippen LogP contribution in [0.15, 0.2) is 16.8 Å². The summed E-state index contributed by atoms with van der Waals surface area (Å²) in [4.78, 5) is 26.1. The van der Waals surface area contributed by atoms with Crippen LogP contribution in [0.5, 0.6) is 0 Å². The number of morpholine rings is 1. The topological polar surface area (TPSA) is 70.7 Å². The Balaban J connectivity index is 1.60. The molecule has 2 N–H and O–H groups in total. The van der Waals surface area contributed by atoms with Crippen LogP contribution in [0.3, 0.4) is 0 Å². The lowest BCUT2D eigenvalue weighted by molar-refractivity contribution is -0.122. The standard InChI is InChI=1S/C17H27N3O3S/c1-17(2,20-7-9-23-10-8-20)13-19-15(21)4-3-6-18-16(22)14-5-11-24-12-14/h5,11-12H,3-4,6-10,13H2,1-2H3,(H,18,22)(H,19,21). The first-order chi connectivity index (χ1) is 11.5. The van der Waals surface area contributed by atoms with Crippen LogP contribution in [0, 0.1) is 0 Å². The third-order valence-electron chi connectivity index (χ3n) is 4.23. The minimum Gasteiger partial charge on any atom is -0.379 e. The molecule has 0 saturated carbocycles. The van der Waals surface area contributed by atoms with Crippen molar-refractivity contribution in [1.82, 2.24) is 15.5 Å². The van der Waals surface area contributed by atoms with Crippen LogP contribution < -0.4 is 10.6 Å². The Labute approximate surface area is 147 Å². The minimum absolute atomic E-state index is 0.0288. The fraction of sp³-hybridized carbons (Fsp3) is 0.647. The van der Waals surface area contributed by atoms with Crippen molar-refractivity contribution in [2.45, 2.75) is 32.2 Å². The van der Waals surface area contributed by atoms with E-state index in [9.17, 15) is 9.59 Å². The summed E-state index contributed by atoms with van der Waals surface area (Å²) in [5, 5.41) is 9.52. The zero-order valence-corrected chi connectivity index (χ0v) is 15.3. The normalized spacial score (nSPS) is 15.9. The average molecular weight is 353 g/mol. The van der Waals surface area contributed by atoms with Crippen LogP contribution >= 0.6 is 11.3 Å². The van der Waals surface area contributed by atoms with Crippen molar-refractivity contribution < 1.29 is 14.3 Å². The van der Waals surface area contributed by atoms with Crippen LogP contribution in [0.4, 0.5) is 0 Å². The van der Waals surface area contributed by atoms with Gasteiger partial charge in [-0.1, -0.05) is 0 Å². The first kappa shape index (κ1) is 18.9. The van der Waals surface area contributed by atoms with Crippen LogP contribution in [0.25, 0.3) is 0 Å². The van der Waals surface area contributed by atoms with E-state index < -0.39 is 0 Å². The van der Waals surface area contributed by atoms with Crippen LogP contribution in [0.1, 0.15) is 37.0 Å². The smallest absolute Gasteiger partial charge is 0.252 e. The summed E-state index contributed by atoms with van der Waals surface area (Å²) in [7, 11) is 0. The SMILES string of the molecule is CC(C)(CNC(=O)CCCNC(=O)c1ccsc1)N1CCOCC1. The van der Waals surface area contributed by atoms with Crippen molar-refractivity contribution in [3.8, 4) is 0 Å². The number of thiophene rings is 1. The Morgan fingerprint density at radius 2 is 2.04 bits per heavy atom. The van der Waals surface area contributed by atoms with Crippen LogP contribution in [-0.2, 0) is 9.53 Å². The van der Waals surface area contributed by atoms with Gasteiger partial charge in [-0.25, -0.2) is 0 Å². The van der Waals surface area contributed by atoms with E-state index in [0.717, 1.165) is 26.3 Å². The van der Waals surface area contributed by atoms with E-state index in [0.29, 0.717) is 31.5 Å². The summed E-state index contributed by atoms with van der Waals surface area (Å²) in [6.45, 7) is 8.71. The van der Waals surface area contributed by atoms with Crippen molar-refractivity contribution in [3.63, 3.8) is 0 Å². The Kier molecular flexibility index (Phi) is 7.20. The predicted octanol–water partition coefficient (Wildman–Crippen LogP) is 1.49. The molecule has 0 aliphatic carbocycles. The molecular weight excluding hydrogens is 326 g/mol. The highest BCUT2D eigenvalue weighted by Crippen LogP contribution is 2.15. The molecule has 2 rings (SSSR count). The fourth-order valence-electron chi connectivity index (χ4n) is 2.63. The number of rotatable bonds is 8. The monoisotopic (exact) mass is 353 g/mol. The first-order valence-electron chi connectivity index (χ1n) is 8.39. The Morgan fingerprint density at radius 1 is 1.29 bits per heavy atom. The molecule has 2 heterocycles. The van der Waals surface area contributed by atoms with Gasteiger partial charge in [-0.2, -0.15) is 11.3 Å². The number of hydrogen-bond donors (Lipinski definition) is 2. The summed E-state index contributed by atoms with van der Waals surface area (Å²) in [6.07, 6.45) is 1.06. The van der Waals surface area contributed by atoms with Crippen molar-refractivity contribution in [1.29, 1.82) is 0 Å². The highest BCUT2D eigenvalue weighted by molar-refractivity contribution is 7.08. The van der Waals surface area contributed by atoms with E-state index in [4.69, 9.17) is 4.74 Å². The molecule has 134 valence electrons. The molecule has 7 heteroatoms. The maximum atomic E-state index is 12.0. The van der Waals surface area contributed by atoms with E-state index >= 15 is 0 Å². The first-order valence-corrected chi connectivity index (χ1v) is 9.33. The molecule has 0 spiro atoms. The van der Waals surface area contributed by atoms with E-state index in [-0.39, 0.29) is 17.4 Å². The highest BCUT2D eigenvalue weighted by Gasteiger charge is 2.28.